The molecule has 2 aromatic carbocycles. The lowest BCUT2D eigenvalue weighted by Crippen LogP contribution is -2.23. The van der Waals surface area contributed by atoms with Crippen LogP contribution in [0.15, 0.2) is 58.4 Å². The first-order valence-corrected chi connectivity index (χ1v) is 10.0. The molecule has 1 aliphatic rings. The molecule has 3 rings (SSSR count). The number of amides is 1. The summed E-state index contributed by atoms with van der Waals surface area (Å²) in [5, 5.41) is 0.574. The van der Waals surface area contributed by atoms with Gasteiger partial charge in [-0.1, -0.05) is 19.1 Å². The Labute approximate surface area is 174 Å². The summed E-state index contributed by atoms with van der Waals surface area (Å²) >= 11 is 1.31. The summed E-state index contributed by atoms with van der Waals surface area (Å²) in [5.74, 6) is 0.270. The number of thioether (sulfide) groups is 1. The fourth-order valence-corrected chi connectivity index (χ4v) is 3.60. The normalized spacial score (nSPS) is 16.5. The van der Waals surface area contributed by atoms with Crippen molar-refractivity contribution in [2.45, 2.75) is 13.3 Å². The van der Waals surface area contributed by atoms with E-state index < -0.39 is 5.97 Å². The number of nitrogens with zero attached hydrogens (tertiary/aromatic N) is 2. The van der Waals surface area contributed by atoms with E-state index in [9.17, 15) is 9.59 Å². The summed E-state index contributed by atoms with van der Waals surface area (Å²) in [5.41, 5.74) is 1.99. The van der Waals surface area contributed by atoms with Gasteiger partial charge in [-0.2, -0.15) is 0 Å². The Morgan fingerprint density at radius 2 is 1.97 bits per heavy atom. The Morgan fingerprint density at radius 3 is 2.66 bits per heavy atom. The van der Waals surface area contributed by atoms with Gasteiger partial charge in [0.25, 0.3) is 5.91 Å². The van der Waals surface area contributed by atoms with Crippen LogP contribution < -0.4 is 4.74 Å². The second-order valence-corrected chi connectivity index (χ2v) is 7.34. The fraction of sp³-hybridized carbons (Fsp3) is 0.227. The Hall–Kier alpha value is -3.06. The zero-order valence-electron chi connectivity index (χ0n) is 16.5. The molecular formula is C22H22N2O4S. The molecule has 0 radical (unpaired) electrons. The molecule has 0 bridgehead atoms. The van der Waals surface area contributed by atoms with Gasteiger partial charge in [0, 0.05) is 7.05 Å². The number of esters is 1. The summed E-state index contributed by atoms with van der Waals surface area (Å²) in [6, 6.07) is 14.4. The van der Waals surface area contributed by atoms with Crippen LogP contribution in [0.3, 0.4) is 0 Å². The van der Waals surface area contributed by atoms with Crippen molar-refractivity contribution in [1.82, 2.24) is 4.90 Å². The Bertz CT molecular complexity index is 967. The maximum absolute atomic E-state index is 12.6. The van der Waals surface area contributed by atoms with Gasteiger partial charge in [-0.25, -0.2) is 9.79 Å². The molecular weight excluding hydrogens is 388 g/mol. The van der Waals surface area contributed by atoms with Gasteiger partial charge in [0.15, 0.2) is 5.17 Å². The highest BCUT2D eigenvalue weighted by molar-refractivity contribution is 8.18. The van der Waals surface area contributed by atoms with E-state index in [1.54, 1.807) is 31.3 Å². The van der Waals surface area contributed by atoms with Crippen molar-refractivity contribution in [3.05, 3.63) is 64.6 Å². The molecule has 6 nitrogen and oxygen atoms in total. The van der Waals surface area contributed by atoms with Gasteiger partial charge in [0.2, 0.25) is 0 Å². The van der Waals surface area contributed by atoms with Crippen LogP contribution in [0.2, 0.25) is 0 Å². The highest BCUT2D eigenvalue weighted by Crippen LogP contribution is 2.33. The van der Waals surface area contributed by atoms with Crippen molar-refractivity contribution < 1.29 is 19.1 Å². The molecule has 0 atom stereocenters. The Balaban J connectivity index is 1.79. The summed E-state index contributed by atoms with van der Waals surface area (Å²) in [6.45, 7) is 2.71. The van der Waals surface area contributed by atoms with Crippen molar-refractivity contribution in [3.8, 4) is 5.75 Å². The molecule has 0 aliphatic carbocycles. The molecule has 1 fully saturated rings. The second-order valence-electron chi connectivity index (χ2n) is 6.33. The summed E-state index contributed by atoms with van der Waals surface area (Å²) in [4.78, 5) is 30.8. The predicted octanol–water partition coefficient (Wildman–Crippen LogP) is 4.50. The molecule has 2 aromatic rings. The number of rotatable bonds is 6. The molecule has 0 spiro atoms. The molecule has 29 heavy (non-hydrogen) atoms. The predicted molar refractivity (Wildman–Crippen MR) is 115 cm³/mol. The third-order valence-corrected chi connectivity index (χ3v) is 5.21. The number of carbonyl (C=O) groups is 2. The largest absolute Gasteiger partial charge is 0.494 e. The lowest BCUT2D eigenvalue weighted by Gasteiger charge is -2.07. The molecule has 1 aliphatic heterocycles. The second kappa shape index (κ2) is 9.43. The van der Waals surface area contributed by atoms with Gasteiger partial charge >= 0.3 is 5.97 Å². The first-order chi connectivity index (χ1) is 14.0. The van der Waals surface area contributed by atoms with E-state index in [1.165, 1.54) is 23.8 Å². The number of aliphatic imine (C=N–C) groups is 1. The minimum Gasteiger partial charge on any atom is -0.494 e. The molecule has 1 amide bonds. The quantitative estimate of drug-likeness (QED) is 0.518. The molecule has 0 aromatic heterocycles. The monoisotopic (exact) mass is 410 g/mol. The maximum atomic E-state index is 12.6. The van der Waals surface area contributed by atoms with Crippen LogP contribution >= 0.6 is 11.8 Å². The zero-order valence-corrected chi connectivity index (χ0v) is 17.4. The van der Waals surface area contributed by atoms with Gasteiger partial charge in [0.1, 0.15) is 5.75 Å². The van der Waals surface area contributed by atoms with E-state index in [4.69, 9.17) is 9.47 Å². The molecule has 150 valence electrons. The highest BCUT2D eigenvalue weighted by Gasteiger charge is 2.30. The Morgan fingerprint density at radius 1 is 1.21 bits per heavy atom. The van der Waals surface area contributed by atoms with Crippen molar-refractivity contribution in [2.24, 2.45) is 4.99 Å². The fourth-order valence-electron chi connectivity index (χ4n) is 2.62. The van der Waals surface area contributed by atoms with Crippen molar-refractivity contribution in [2.75, 3.05) is 20.8 Å². The maximum Gasteiger partial charge on any atom is 0.337 e. The number of benzene rings is 2. The average Bonchev–Trinajstić information content (AvgIpc) is 3.00. The van der Waals surface area contributed by atoms with E-state index in [1.807, 2.05) is 30.3 Å². The van der Waals surface area contributed by atoms with Crippen LogP contribution in [-0.4, -0.2) is 42.7 Å². The number of hydrogen-bond acceptors (Lipinski definition) is 6. The highest BCUT2D eigenvalue weighted by atomic mass is 32.2. The number of methoxy groups -OCH3 is 1. The lowest BCUT2D eigenvalue weighted by molar-refractivity contribution is -0.121. The van der Waals surface area contributed by atoms with Crippen molar-refractivity contribution in [1.29, 1.82) is 0 Å². The topological polar surface area (TPSA) is 68.2 Å². The van der Waals surface area contributed by atoms with Crippen LogP contribution in [0.1, 0.15) is 29.3 Å². The molecule has 1 saturated heterocycles. The Kier molecular flexibility index (Phi) is 6.72. The molecule has 0 unspecified atom stereocenters. The summed E-state index contributed by atoms with van der Waals surface area (Å²) in [7, 11) is 3.03. The first kappa shape index (κ1) is 20.7. The van der Waals surface area contributed by atoms with E-state index in [2.05, 4.69) is 11.9 Å². The number of hydrogen-bond donors (Lipinski definition) is 0. The van der Waals surface area contributed by atoms with Crippen LogP contribution in [0.25, 0.3) is 6.08 Å². The third kappa shape index (κ3) is 5.06. The first-order valence-electron chi connectivity index (χ1n) is 9.19. The standard InChI is InChI=1S/C22H22N2O4S/c1-4-12-28-18-7-5-6-15(13-18)14-19-20(25)24(2)22(29-19)23-17-10-8-16(9-11-17)21(26)27-3/h5-11,13-14H,4,12H2,1-3H3/b19-14+,23-22?. The van der Waals surface area contributed by atoms with Gasteiger partial charge in [0.05, 0.1) is 29.9 Å². The van der Waals surface area contributed by atoms with Crippen molar-refractivity contribution in [3.63, 3.8) is 0 Å². The number of ether oxygens (including phenoxy) is 2. The minimum atomic E-state index is -0.401. The summed E-state index contributed by atoms with van der Waals surface area (Å²) < 4.78 is 10.3. The molecule has 0 N–H and O–H groups in total. The van der Waals surface area contributed by atoms with E-state index in [0.29, 0.717) is 27.9 Å². The smallest absolute Gasteiger partial charge is 0.337 e. The van der Waals surface area contributed by atoms with Crippen LogP contribution in [0.4, 0.5) is 5.69 Å². The lowest BCUT2D eigenvalue weighted by atomic mass is 10.2. The number of likely N-dealkylation sites (N-methyl/N-ethyl adjacent to an activating group) is 1. The van der Waals surface area contributed by atoms with Gasteiger partial charge in [-0.05, 0) is 66.2 Å². The molecule has 0 saturated carbocycles. The van der Waals surface area contributed by atoms with Gasteiger partial charge in [-0.15, -0.1) is 0 Å². The van der Waals surface area contributed by atoms with E-state index >= 15 is 0 Å². The SMILES string of the molecule is CCCOc1cccc(/C=C2/SC(=Nc3ccc(C(=O)OC)cc3)N(C)C2=O)c1. The van der Waals surface area contributed by atoms with Gasteiger partial charge in [-0.3, -0.25) is 9.69 Å². The van der Waals surface area contributed by atoms with Crippen LogP contribution in [0.5, 0.6) is 5.75 Å². The van der Waals surface area contributed by atoms with Crippen LogP contribution in [-0.2, 0) is 9.53 Å². The molecule has 7 heteroatoms. The average molecular weight is 410 g/mol. The zero-order chi connectivity index (χ0) is 20.8. The third-order valence-electron chi connectivity index (χ3n) is 4.15. The number of carbonyl (C=O) groups excluding carboxylic acids is 2. The summed E-state index contributed by atoms with van der Waals surface area (Å²) in [6.07, 6.45) is 2.77. The van der Waals surface area contributed by atoms with Crippen LogP contribution in [0, 0.1) is 0 Å². The minimum absolute atomic E-state index is 0.111. The van der Waals surface area contributed by atoms with Crippen molar-refractivity contribution >= 4 is 40.6 Å². The van der Waals surface area contributed by atoms with E-state index in [0.717, 1.165) is 17.7 Å². The number of amidine groups is 1. The molecule has 1 heterocycles. The van der Waals surface area contributed by atoms with Gasteiger partial charge < -0.3 is 9.47 Å². The van der Waals surface area contributed by atoms with E-state index in [-0.39, 0.29) is 5.91 Å².